The van der Waals surface area contributed by atoms with Gasteiger partial charge in [0, 0.05) is 18.1 Å². The lowest BCUT2D eigenvalue weighted by Gasteiger charge is -2.12. The number of allylic oxidation sites excluding steroid dienone is 1. The summed E-state index contributed by atoms with van der Waals surface area (Å²) in [6, 6.07) is 9.52. The van der Waals surface area contributed by atoms with Crippen LogP contribution in [0.1, 0.15) is 12.7 Å². The number of para-hydroxylation sites is 1. The van der Waals surface area contributed by atoms with Gasteiger partial charge in [-0.05, 0) is 19.1 Å². The van der Waals surface area contributed by atoms with E-state index in [1.165, 1.54) is 23.1 Å². The Balaban J connectivity index is 1.66. The Kier molecular flexibility index (Phi) is 6.61. The van der Waals surface area contributed by atoms with E-state index >= 15 is 0 Å². The van der Waals surface area contributed by atoms with Crippen molar-refractivity contribution in [3.05, 3.63) is 60.4 Å². The average molecular weight is 402 g/mol. The molecule has 0 saturated heterocycles. The third-order valence-electron chi connectivity index (χ3n) is 3.53. The summed E-state index contributed by atoms with van der Waals surface area (Å²) in [7, 11) is 0. The molecule has 7 nitrogen and oxygen atoms in total. The average Bonchev–Trinajstić information content (AvgIpc) is 3.32. The first kappa shape index (κ1) is 19.1. The number of aromatic nitrogens is 4. The highest BCUT2D eigenvalue weighted by atomic mass is 32.2. The van der Waals surface area contributed by atoms with Gasteiger partial charge in [0.2, 0.25) is 5.91 Å². The lowest BCUT2D eigenvalue weighted by atomic mass is 10.3. The predicted molar refractivity (Wildman–Crippen MR) is 107 cm³/mol. The molecule has 9 heteroatoms. The van der Waals surface area contributed by atoms with E-state index in [0.717, 1.165) is 5.75 Å². The number of anilines is 1. The van der Waals surface area contributed by atoms with Crippen molar-refractivity contribution in [1.29, 1.82) is 0 Å². The molecule has 3 aromatic rings. The molecule has 0 radical (unpaired) electrons. The first-order chi connectivity index (χ1) is 13.2. The number of carbonyl (C=O) groups is 1. The third kappa shape index (κ3) is 5.18. The molecule has 3 rings (SSSR count). The maximum atomic E-state index is 12.3. The SMILES string of the molecule is C=CCn1c(COc2ccccc2)nnc1S[C@H](C)C(=O)Nc1nccs1. The van der Waals surface area contributed by atoms with Gasteiger partial charge in [0.15, 0.2) is 16.1 Å². The summed E-state index contributed by atoms with van der Waals surface area (Å²) in [6.45, 7) is 6.42. The van der Waals surface area contributed by atoms with Crippen LogP contribution < -0.4 is 10.1 Å². The number of rotatable bonds is 9. The molecule has 1 N–H and O–H groups in total. The van der Waals surface area contributed by atoms with Crippen molar-refractivity contribution in [3.8, 4) is 5.75 Å². The van der Waals surface area contributed by atoms with Gasteiger partial charge >= 0.3 is 0 Å². The second-order valence-corrected chi connectivity index (χ2v) is 7.69. The van der Waals surface area contributed by atoms with Gasteiger partial charge in [-0.1, -0.05) is 36.0 Å². The molecule has 1 amide bonds. The van der Waals surface area contributed by atoms with Crippen molar-refractivity contribution in [2.45, 2.75) is 30.5 Å². The maximum Gasteiger partial charge on any atom is 0.239 e. The number of hydrogen-bond acceptors (Lipinski definition) is 7. The van der Waals surface area contributed by atoms with Crippen LogP contribution in [-0.4, -0.2) is 30.9 Å². The normalized spacial score (nSPS) is 11.7. The minimum Gasteiger partial charge on any atom is -0.486 e. The van der Waals surface area contributed by atoms with Crippen LogP contribution in [0.2, 0.25) is 0 Å². The van der Waals surface area contributed by atoms with Gasteiger partial charge in [-0.2, -0.15) is 0 Å². The van der Waals surface area contributed by atoms with Gasteiger partial charge in [-0.15, -0.1) is 28.1 Å². The lowest BCUT2D eigenvalue weighted by Crippen LogP contribution is -2.23. The molecule has 2 aromatic heterocycles. The van der Waals surface area contributed by atoms with E-state index in [9.17, 15) is 4.79 Å². The number of nitrogens with one attached hydrogen (secondary N) is 1. The summed E-state index contributed by atoms with van der Waals surface area (Å²) >= 11 is 2.71. The van der Waals surface area contributed by atoms with E-state index < -0.39 is 0 Å². The van der Waals surface area contributed by atoms with Crippen LogP contribution in [0.15, 0.2) is 59.7 Å². The topological polar surface area (TPSA) is 81.9 Å². The number of thiazole rings is 1. The second kappa shape index (κ2) is 9.33. The second-order valence-electron chi connectivity index (χ2n) is 5.49. The fourth-order valence-electron chi connectivity index (χ4n) is 2.19. The fraction of sp³-hybridized carbons (Fsp3) is 0.222. The van der Waals surface area contributed by atoms with E-state index in [2.05, 4.69) is 27.1 Å². The largest absolute Gasteiger partial charge is 0.486 e. The van der Waals surface area contributed by atoms with Gasteiger partial charge in [-0.3, -0.25) is 9.36 Å². The van der Waals surface area contributed by atoms with E-state index in [-0.39, 0.29) is 17.8 Å². The summed E-state index contributed by atoms with van der Waals surface area (Å²) < 4.78 is 7.66. The molecule has 140 valence electrons. The highest BCUT2D eigenvalue weighted by Gasteiger charge is 2.20. The number of ether oxygens (including phenoxy) is 1. The van der Waals surface area contributed by atoms with Gasteiger partial charge in [0.05, 0.1) is 5.25 Å². The molecule has 0 spiro atoms. The van der Waals surface area contributed by atoms with Gasteiger partial charge in [0.25, 0.3) is 0 Å². The smallest absolute Gasteiger partial charge is 0.239 e. The number of amides is 1. The predicted octanol–water partition coefficient (Wildman–Crippen LogP) is 3.62. The summed E-state index contributed by atoms with van der Waals surface area (Å²) in [6.07, 6.45) is 3.41. The van der Waals surface area contributed by atoms with E-state index in [4.69, 9.17) is 4.74 Å². The number of thioether (sulfide) groups is 1. The van der Waals surface area contributed by atoms with Crippen molar-refractivity contribution < 1.29 is 9.53 Å². The Morgan fingerprint density at radius 2 is 2.22 bits per heavy atom. The Morgan fingerprint density at radius 3 is 2.93 bits per heavy atom. The molecule has 27 heavy (non-hydrogen) atoms. The number of hydrogen-bond donors (Lipinski definition) is 1. The maximum absolute atomic E-state index is 12.3. The third-order valence-corrected chi connectivity index (χ3v) is 5.30. The summed E-state index contributed by atoms with van der Waals surface area (Å²) in [5.74, 6) is 1.30. The van der Waals surface area contributed by atoms with Crippen molar-refractivity contribution in [2.24, 2.45) is 0 Å². The molecule has 0 aliphatic rings. The van der Waals surface area contributed by atoms with Crippen molar-refractivity contribution in [3.63, 3.8) is 0 Å². The standard InChI is InChI=1S/C18H19N5O2S2/c1-3-10-23-15(12-25-14-7-5-4-6-8-14)21-22-18(23)27-13(2)16(24)20-17-19-9-11-26-17/h3-9,11,13H,1,10,12H2,2H3,(H,19,20,24)/t13-/m1/s1. The van der Waals surface area contributed by atoms with Crippen LogP contribution in [0.3, 0.4) is 0 Å². The first-order valence-corrected chi connectivity index (χ1v) is 10.0. The van der Waals surface area contributed by atoms with Crippen LogP contribution >= 0.6 is 23.1 Å². The van der Waals surface area contributed by atoms with Crippen molar-refractivity contribution in [1.82, 2.24) is 19.7 Å². The number of nitrogens with zero attached hydrogens (tertiary/aromatic N) is 4. The Morgan fingerprint density at radius 1 is 1.41 bits per heavy atom. The molecule has 0 aliphatic carbocycles. The van der Waals surface area contributed by atoms with Gasteiger partial charge < -0.3 is 10.1 Å². The summed E-state index contributed by atoms with van der Waals surface area (Å²) in [5.41, 5.74) is 0. The van der Waals surface area contributed by atoms with E-state index in [1.807, 2.05) is 47.2 Å². The van der Waals surface area contributed by atoms with Gasteiger partial charge in [0.1, 0.15) is 12.4 Å². The summed E-state index contributed by atoms with van der Waals surface area (Å²) in [4.78, 5) is 16.4. The molecule has 0 bridgehead atoms. The van der Waals surface area contributed by atoms with Crippen molar-refractivity contribution in [2.75, 3.05) is 5.32 Å². The monoisotopic (exact) mass is 401 g/mol. The zero-order valence-electron chi connectivity index (χ0n) is 14.7. The molecular weight excluding hydrogens is 382 g/mol. The van der Waals surface area contributed by atoms with Crippen LogP contribution in [0.4, 0.5) is 5.13 Å². The molecular formula is C18H19N5O2S2. The lowest BCUT2D eigenvalue weighted by molar-refractivity contribution is -0.115. The van der Waals surface area contributed by atoms with Crippen molar-refractivity contribution >= 4 is 34.1 Å². The highest BCUT2D eigenvalue weighted by Crippen LogP contribution is 2.24. The Labute approximate surface area is 165 Å². The van der Waals surface area contributed by atoms with E-state index in [0.29, 0.717) is 22.7 Å². The number of carbonyl (C=O) groups excluding carboxylic acids is 1. The first-order valence-electron chi connectivity index (χ1n) is 8.25. The van der Waals surface area contributed by atoms with Gasteiger partial charge in [-0.25, -0.2) is 4.98 Å². The fourth-order valence-corrected chi connectivity index (χ4v) is 3.60. The molecule has 1 aromatic carbocycles. The Hall–Kier alpha value is -2.65. The Bertz CT molecular complexity index is 881. The molecule has 0 fully saturated rings. The zero-order chi connectivity index (χ0) is 19.1. The highest BCUT2D eigenvalue weighted by molar-refractivity contribution is 8.00. The summed E-state index contributed by atoms with van der Waals surface area (Å²) in [5, 5.41) is 13.9. The molecule has 2 heterocycles. The van der Waals surface area contributed by atoms with Crippen LogP contribution in [0.25, 0.3) is 0 Å². The van der Waals surface area contributed by atoms with E-state index in [1.54, 1.807) is 12.3 Å². The molecule has 0 aliphatic heterocycles. The molecule has 0 unspecified atom stereocenters. The quantitative estimate of drug-likeness (QED) is 0.436. The minimum atomic E-state index is -0.357. The molecule has 0 saturated carbocycles. The number of benzene rings is 1. The molecule has 1 atom stereocenters. The zero-order valence-corrected chi connectivity index (χ0v) is 16.4. The van der Waals surface area contributed by atoms with Crippen LogP contribution in [0, 0.1) is 0 Å². The minimum absolute atomic E-state index is 0.134. The van der Waals surface area contributed by atoms with Crippen LogP contribution in [-0.2, 0) is 17.9 Å². The van der Waals surface area contributed by atoms with Crippen LogP contribution in [0.5, 0.6) is 5.75 Å².